The Bertz CT molecular complexity index is 745. The molecular formula is C19H18N2O. The minimum absolute atomic E-state index is 0.178. The van der Waals surface area contributed by atoms with Crippen LogP contribution in [0.15, 0.2) is 42.5 Å². The van der Waals surface area contributed by atoms with Crippen molar-refractivity contribution in [3.05, 3.63) is 64.7 Å². The summed E-state index contributed by atoms with van der Waals surface area (Å²) in [5, 5.41) is 12.6. The fourth-order valence-corrected chi connectivity index (χ4v) is 3.69. The molecule has 2 heterocycles. The standard InChI is InChI=1S/C19H18N2O/c1-12-2-7-17-16(10-12)19-15(8-9-22-19)18(21-17)14-5-3-13(11-20)4-6-14/h2-7,10,15,18-19,21H,8-9H2,1H3. The van der Waals surface area contributed by atoms with E-state index in [0.29, 0.717) is 11.5 Å². The summed E-state index contributed by atoms with van der Waals surface area (Å²) in [5.41, 5.74) is 5.66. The molecule has 2 aliphatic heterocycles. The summed E-state index contributed by atoms with van der Waals surface area (Å²) in [5.74, 6) is 0.447. The minimum atomic E-state index is 0.178. The van der Waals surface area contributed by atoms with Crippen molar-refractivity contribution in [1.82, 2.24) is 0 Å². The van der Waals surface area contributed by atoms with Crippen LogP contribution in [-0.2, 0) is 4.74 Å². The van der Waals surface area contributed by atoms with Crippen LogP contribution in [-0.4, -0.2) is 6.61 Å². The molecule has 1 N–H and O–H groups in total. The number of ether oxygens (including phenoxy) is 1. The lowest BCUT2D eigenvalue weighted by Gasteiger charge is -2.36. The molecule has 22 heavy (non-hydrogen) atoms. The molecular weight excluding hydrogens is 272 g/mol. The highest BCUT2D eigenvalue weighted by molar-refractivity contribution is 5.58. The summed E-state index contributed by atoms with van der Waals surface area (Å²) in [6.45, 7) is 2.94. The van der Waals surface area contributed by atoms with E-state index in [1.807, 2.05) is 12.1 Å². The lowest BCUT2D eigenvalue weighted by Crippen LogP contribution is -2.29. The van der Waals surface area contributed by atoms with E-state index in [-0.39, 0.29) is 12.1 Å². The number of nitriles is 1. The van der Waals surface area contributed by atoms with E-state index in [4.69, 9.17) is 10.00 Å². The van der Waals surface area contributed by atoms with Crippen molar-refractivity contribution in [2.24, 2.45) is 5.92 Å². The van der Waals surface area contributed by atoms with Crippen molar-refractivity contribution < 1.29 is 4.74 Å². The Morgan fingerprint density at radius 3 is 2.77 bits per heavy atom. The van der Waals surface area contributed by atoms with E-state index >= 15 is 0 Å². The Morgan fingerprint density at radius 2 is 2.00 bits per heavy atom. The second-order valence-corrected chi connectivity index (χ2v) is 6.19. The van der Waals surface area contributed by atoms with Crippen LogP contribution in [0.3, 0.4) is 0 Å². The lowest BCUT2D eigenvalue weighted by molar-refractivity contribution is 0.0829. The van der Waals surface area contributed by atoms with Gasteiger partial charge in [-0.3, -0.25) is 0 Å². The Morgan fingerprint density at radius 1 is 1.18 bits per heavy atom. The van der Waals surface area contributed by atoms with E-state index in [0.717, 1.165) is 13.0 Å². The number of nitrogens with one attached hydrogen (secondary N) is 1. The van der Waals surface area contributed by atoms with Crippen LogP contribution in [0.25, 0.3) is 0 Å². The average Bonchev–Trinajstić information content (AvgIpc) is 3.04. The molecule has 2 aromatic rings. The van der Waals surface area contributed by atoms with Gasteiger partial charge < -0.3 is 10.1 Å². The molecule has 0 bridgehead atoms. The highest BCUT2D eigenvalue weighted by Gasteiger charge is 2.41. The van der Waals surface area contributed by atoms with Crippen LogP contribution in [0.5, 0.6) is 0 Å². The third-order valence-electron chi connectivity index (χ3n) is 4.79. The van der Waals surface area contributed by atoms with E-state index in [1.165, 1.54) is 22.4 Å². The number of benzene rings is 2. The predicted octanol–water partition coefficient (Wildman–Crippen LogP) is 4.11. The van der Waals surface area contributed by atoms with Gasteiger partial charge in [0.15, 0.2) is 0 Å². The first-order valence-electron chi connectivity index (χ1n) is 7.75. The zero-order chi connectivity index (χ0) is 15.1. The number of fused-ring (bicyclic) bond motifs is 3. The summed E-state index contributed by atoms with van der Waals surface area (Å²) in [6.07, 6.45) is 1.24. The fourth-order valence-electron chi connectivity index (χ4n) is 3.69. The molecule has 0 amide bonds. The zero-order valence-corrected chi connectivity index (χ0v) is 12.5. The van der Waals surface area contributed by atoms with Gasteiger partial charge in [-0.05, 0) is 37.1 Å². The maximum atomic E-state index is 8.96. The lowest BCUT2D eigenvalue weighted by atomic mass is 9.80. The molecule has 2 aromatic carbocycles. The van der Waals surface area contributed by atoms with Gasteiger partial charge in [-0.25, -0.2) is 0 Å². The molecule has 0 radical (unpaired) electrons. The number of hydrogen-bond acceptors (Lipinski definition) is 3. The number of nitrogens with zero attached hydrogens (tertiary/aromatic N) is 1. The first-order chi connectivity index (χ1) is 10.8. The molecule has 1 saturated heterocycles. The zero-order valence-electron chi connectivity index (χ0n) is 12.5. The normalized spacial score (nSPS) is 25.7. The van der Waals surface area contributed by atoms with Crippen LogP contribution in [0.1, 0.15) is 40.8 Å². The summed E-state index contributed by atoms with van der Waals surface area (Å²) in [4.78, 5) is 0. The molecule has 0 spiro atoms. The Hall–Kier alpha value is -2.31. The van der Waals surface area contributed by atoms with Crippen molar-refractivity contribution in [3.8, 4) is 6.07 Å². The third-order valence-corrected chi connectivity index (χ3v) is 4.79. The molecule has 3 nitrogen and oxygen atoms in total. The SMILES string of the molecule is Cc1ccc2c(c1)C1OCCC1C(c1ccc(C#N)cc1)N2. The summed E-state index contributed by atoms with van der Waals surface area (Å²) < 4.78 is 6.04. The second-order valence-electron chi connectivity index (χ2n) is 6.19. The topological polar surface area (TPSA) is 45.0 Å². The molecule has 1 fully saturated rings. The van der Waals surface area contributed by atoms with Gasteiger partial charge in [-0.2, -0.15) is 5.26 Å². The fraction of sp³-hybridized carbons (Fsp3) is 0.316. The minimum Gasteiger partial charge on any atom is -0.378 e. The quantitative estimate of drug-likeness (QED) is 0.859. The van der Waals surface area contributed by atoms with Crippen LogP contribution in [0.2, 0.25) is 0 Å². The monoisotopic (exact) mass is 290 g/mol. The molecule has 0 aliphatic carbocycles. The van der Waals surface area contributed by atoms with Gasteiger partial charge in [0.25, 0.3) is 0 Å². The number of rotatable bonds is 1. The Labute approximate surface area is 130 Å². The molecule has 0 aromatic heterocycles. The van der Waals surface area contributed by atoms with Gasteiger partial charge in [-0.1, -0.05) is 29.8 Å². The van der Waals surface area contributed by atoms with Crippen molar-refractivity contribution in [2.45, 2.75) is 25.5 Å². The molecule has 110 valence electrons. The van der Waals surface area contributed by atoms with Crippen molar-refractivity contribution in [2.75, 3.05) is 11.9 Å². The van der Waals surface area contributed by atoms with Gasteiger partial charge in [0.2, 0.25) is 0 Å². The number of hydrogen-bond donors (Lipinski definition) is 1. The van der Waals surface area contributed by atoms with E-state index in [1.54, 1.807) is 0 Å². The molecule has 3 unspecified atom stereocenters. The van der Waals surface area contributed by atoms with Gasteiger partial charge in [0.05, 0.1) is 23.8 Å². The first kappa shape index (κ1) is 13.4. The van der Waals surface area contributed by atoms with Crippen molar-refractivity contribution in [3.63, 3.8) is 0 Å². The van der Waals surface area contributed by atoms with E-state index < -0.39 is 0 Å². The second kappa shape index (κ2) is 5.15. The molecule has 0 saturated carbocycles. The largest absolute Gasteiger partial charge is 0.378 e. The van der Waals surface area contributed by atoms with Crippen molar-refractivity contribution in [1.29, 1.82) is 5.26 Å². The first-order valence-corrected chi connectivity index (χ1v) is 7.75. The smallest absolute Gasteiger partial charge is 0.0991 e. The van der Waals surface area contributed by atoms with E-state index in [9.17, 15) is 0 Å². The Kier molecular flexibility index (Phi) is 3.13. The van der Waals surface area contributed by atoms with E-state index in [2.05, 4.69) is 48.6 Å². The Balaban J connectivity index is 1.75. The number of anilines is 1. The summed E-state index contributed by atoms with van der Waals surface area (Å²) >= 11 is 0. The van der Waals surface area contributed by atoms with Gasteiger partial charge >= 0.3 is 0 Å². The summed E-state index contributed by atoms with van der Waals surface area (Å²) in [7, 11) is 0. The molecule has 3 heteroatoms. The average molecular weight is 290 g/mol. The highest BCUT2D eigenvalue weighted by Crippen LogP contribution is 2.49. The number of aryl methyl sites for hydroxylation is 1. The van der Waals surface area contributed by atoms with Crippen LogP contribution >= 0.6 is 0 Å². The maximum Gasteiger partial charge on any atom is 0.0991 e. The molecule has 4 rings (SSSR count). The molecule has 2 aliphatic rings. The van der Waals surface area contributed by atoms with Gasteiger partial charge in [-0.15, -0.1) is 0 Å². The summed E-state index contributed by atoms with van der Waals surface area (Å²) in [6, 6.07) is 16.9. The predicted molar refractivity (Wildman–Crippen MR) is 85.5 cm³/mol. The van der Waals surface area contributed by atoms with Crippen molar-refractivity contribution >= 4 is 5.69 Å². The van der Waals surface area contributed by atoms with Crippen LogP contribution < -0.4 is 5.32 Å². The van der Waals surface area contributed by atoms with Gasteiger partial charge in [0, 0.05) is 23.8 Å². The van der Waals surface area contributed by atoms with Crippen LogP contribution in [0.4, 0.5) is 5.69 Å². The third kappa shape index (κ3) is 2.08. The maximum absolute atomic E-state index is 8.96. The van der Waals surface area contributed by atoms with Crippen LogP contribution in [0, 0.1) is 24.2 Å². The molecule has 3 atom stereocenters. The van der Waals surface area contributed by atoms with Gasteiger partial charge in [0.1, 0.15) is 0 Å². The highest BCUT2D eigenvalue weighted by atomic mass is 16.5.